The number of aromatic hydroxyl groups is 1. The predicted molar refractivity (Wildman–Crippen MR) is 128 cm³/mol. The lowest BCUT2D eigenvalue weighted by atomic mass is 9.86. The van der Waals surface area contributed by atoms with Gasteiger partial charge in [0.05, 0.1) is 24.1 Å². The number of amides is 1. The maximum atomic E-state index is 13.7. The number of esters is 1. The van der Waals surface area contributed by atoms with Gasteiger partial charge >= 0.3 is 12.3 Å². The molecular weight excluding hydrogens is 500 g/mol. The molecule has 1 amide bonds. The Morgan fingerprint density at radius 3 is 2.55 bits per heavy atom. The summed E-state index contributed by atoms with van der Waals surface area (Å²) in [5, 5.41) is 13.2. The molecule has 0 radical (unpaired) electrons. The Kier molecular flexibility index (Phi) is 5.44. The summed E-state index contributed by atoms with van der Waals surface area (Å²) in [5.74, 6) is -1.19. The minimum atomic E-state index is -3.72. The number of benzene rings is 3. The van der Waals surface area contributed by atoms with Crippen molar-refractivity contribution in [2.45, 2.75) is 43.1 Å². The van der Waals surface area contributed by atoms with Gasteiger partial charge in [0, 0.05) is 18.1 Å². The molecule has 6 rings (SSSR count). The van der Waals surface area contributed by atoms with Gasteiger partial charge in [-0.15, -0.1) is 8.78 Å². The second-order valence-electron chi connectivity index (χ2n) is 9.63. The molecule has 0 saturated heterocycles. The van der Waals surface area contributed by atoms with E-state index < -0.39 is 29.8 Å². The number of ether oxygens (including phenoxy) is 4. The van der Waals surface area contributed by atoms with E-state index in [-0.39, 0.29) is 29.6 Å². The maximum absolute atomic E-state index is 13.7. The molecule has 2 atom stereocenters. The zero-order valence-corrected chi connectivity index (χ0v) is 20.2. The van der Waals surface area contributed by atoms with E-state index in [1.807, 2.05) is 0 Å². The van der Waals surface area contributed by atoms with Crippen molar-refractivity contribution in [3.8, 4) is 23.0 Å². The van der Waals surface area contributed by atoms with Crippen molar-refractivity contribution in [2.75, 3.05) is 7.11 Å². The van der Waals surface area contributed by atoms with Gasteiger partial charge in [-0.1, -0.05) is 24.3 Å². The molecule has 8 nitrogen and oxygen atoms in total. The van der Waals surface area contributed by atoms with Gasteiger partial charge in [-0.2, -0.15) is 0 Å². The summed E-state index contributed by atoms with van der Waals surface area (Å²) in [7, 11) is 1.30. The zero-order valence-electron chi connectivity index (χ0n) is 20.2. The van der Waals surface area contributed by atoms with Crippen molar-refractivity contribution in [3.05, 3.63) is 82.9 Å². The lowest BCUT2D eigenvalue weighted by Crippen LogP contribution is -2.40. The molecule has 1 saturated carbocycles. The molecule has 196 valence electrons. The monoisotopic (exact) mass is 523 g/mol. The Hall–Kier alpha value is -4.34. The molecule has 10 heteroatoms. The minimum absolute atomic E-state index is 0.0114. The van der Waals surface area contributed by atoms with Crippen LogP contribution in [0.2, 0.25) is 0 Å². The Balaban J connectivity index is 1.28. The second kappa shape index (κ2) is 8.61. The molecule has 3 aromatic carbocycles. The maximum Gasteiger partial charge on any atom is 0.586 e. The number of hydrogen-bond acceptors (Lipinski definition) is 7. The van der Waals surface area contributed by atoms with Gasteiger partial charge in [0.15, 0.2) is 11.5 Å². The highest BCUT2D eigenvalue weighted by molar-refractivity contribution is 5.89. The Labute approximate surface area is 216 Å². The van der Waals surface area contributed by atoms with Crippen LogP contribution in [0, 0.1) is 0 Å². The number of alkyl halides is 2. The van der Waals surface area contributed by atoms with Gasteiger partial charge in [0.2, 0.25) is 5.91 Å². The average molecular weight is 523 g/mol. The summed E-state index contributed by atoms with van der Waals surface area (Å²) in [4.78, 5) is 25.8. The van der Waals surface area contributed by atoms with Crippen LogP contribution in [0.1, 0.15) is 58.3 Å². The molecule has 2 heterocycles. The smallest absolute Gasteiger partial charge is 0.508 e. The number of carbonyl (C=O) groups excluding carboxylic acids is 2. The van der Waals surface area contributed by atoms with E-state index in [4.69, 9.17) is 9.47 Å². The lowest BCUT2D eigenvalue weighted by molar-refractivity contribution is -0.286. The van der Waals surface area contributed by atoms with Crippen LogP contribution in [0.4, 0.5) is 8.78 Å². The number of carbonyl (C=O) groups is 2. The average Bonchev–Trinajstić information content (AvgIpc) is 3.61. The standard InChI is InChI=1S/C28H23F2NO7/c1-35-26(34)16-4-2-3-15(11-16)22-14-20(19-7-6-18(32)13-23(19)36-22)25(33)31-27(9-10-27)17-5-8-21-24(12-17)38-28(29,30)37-21/h2-8,11-13,20,22,32H,9-10,14H2,1H3,(H,31,33)/t20-,22-/m1/s1. The van der Waals surface area contributed by atoms with Crippen molar-refractivity contribution in [1.29, 1.82) is 0 Å². The quantitative estimate of drug-likeness (QED) is 0.458. The van der Waals surface area contributed by atoms with Crippen LogP contribution in [0.25, 0.3) is 0 Å². The van der Waals surface area contributed by atoms with Crippen molar-refractivity contribution in [2.24, 2.45) is 0 Å². The van der Waals surface area contributed by atoms with Crippen LogP contribution in [0.3, 0.4) is 0 Å². The molecule has 3 aliphatic rings. The van der Waals surface area contributed by atoms with E-state index in [2.05, 4.69) is 14.8 Å². The molecule has 0 aromatic heterocycles. The first-order chi connectivity index (χ1) is 18.2. The number of phenols is 1. The first kappa shape index (κ1) is 24.0. The first-order valence-corrected chi connectivity index (χ1v) is 12.1. The number of fused-ring (bicyclic) bond motifs is 2. The SMILES string of the molecule is COC(=O)c1cccc([C@H]2C[C@@H](C(=O)NC3(c4ccc5c(c4)OC(F)(F)O5)CC3)c3ccc(O)cc3O2)c1. The molecular formula is C28H23F2NO7. The summed E-state index contributed by atoms with van der Waals surface area (Å²) in [5.41, 5.74) is 1.57. The fourth-order valence-electron chi connectivity index (χ4n) is 5.07. The number of nitrogens with one attached hydrogen (secondary N) is 1. The van der Waals surface area contributed by atoms with E-state index >= 15 is 0 Å². The van der Waals surface area contributed by atoms with Gasteiger partial charge < -0.3 is 29.4 Å². The fourth-order valence-corrected chi connectivity index (χ4v) is 5.07. The van der Waals surface area contributed by atoms with Gasteiger partial charge in [-0.05, 0) is 54.3 Å². The van der Waals surface area contributed by atoms with Gasteiger partial charge in [0.1, 0.15) is 17.6 Å². The number of rotatable bonds is 5. The molecule has 3 aromatic rings. The number of phenolic OH excluding ortho intramolecular Hbond substituents is 1. The molecule has 1 aliphatic carbocycles. The normalized spacial score (nSPS) is 21.6. The van der Waals surface area contributed by atoms with Crippen molar-refractivity contribution in [3.63, 3.8) is 0 Å². The van der Waals surface area contributed by atoms with E-state index in [0.29, 0.717) is 40.8 Å². The number of hydrogen-bond donors (Lipinski definition) is 2. The van der Waals surface area contributed by atoms with E-state index in [9.17, 15) is 23.5 Å². The van der Waals surface area contributed by atoms with Gasteiger partial charge in [-0.3, -0.25) is 4.79 Å². The van der Waals surface area contributed by atoms with Crippen LogP contribution in [-0.2, 0) is 15.1 Å². The van der Waals surface area contributed by atoms with Gasteiger partial charge in [0.25, 0.3) is 0 Å². The van der Waals surface area contributed by atoms with E-state index in [0.717, 1.165) is 0 Å². The lowest BCUT2D eigenvalue weighted by Gasteiger charge is -2.33. The molecule has 2 aliphatic heterocycles. The van der Waals surface area contributed by atoms with Crippen LogP contribution in [0.15, 0.2) is 60.7 Å². The molecule has 0 unspecified atom stereocenters. The van der Waals surface area contributed by atoms with Crippen molar-refractivity contribution in [1.82, 2.24) is 5.32 Å². The third kappa shape index (κ3) is 4.25. The molecule has 0 spiro atoms. The highest BCUT2D eigenvalue weighted by Crippen LogP contribution is 2.51. The highest BCUT2D eigenvalue weighted by atomic mass is 19.3. The van der Waals surface area contributed by atoms with Crippen molar-refractivity contribution >= 4 is 11.9 Å². The molecule has 2 N–H and O–H groups in total. The third-order valence-corrected chi connectivity index (χ3v) is 7.15. The minimum Gasteiger partial charge on any atom is -0.508 e. The summed E-state index contributed by atoms with van der Waals surface area (Å²) < 4.78 is 47.0. The molecule has 38 heavy (non-hydrogen) atoms. The number of methoxy groups -OCH3 is 1. The van der Waals surface area contributed by atoms with E-state index in [1.54, 1.807) is 36.4 Å². The van der Waals surface area contributed by atoms with Crippen LogP contribution in [-0.4, -0.2) is 30.4 Å². The summed E-state index contributed by atoms with van der Waals surface area (Å²) in [6.45, 7) is 0. The van der Waals surface area contributed by atoms with E-state index in [1.165, 1.54) is 31.4 Å². The van der Waals surface area contributed by atoms with Crippen LogP contribution >= 0.6 is 0 Å². The fraction of sp³-hybridized carbons (Fsp3) is 0.286. The third-order valence-electron chi connectivity index (χ3n) is 7.15. The first-order valence-electron chi connectivity index (χ1n) is 12.1. The van der Waals surface area contributed by atoms with Crippen LogP contribution in [0.5, 0.6) is 23.0 Å². The second-order valence-corrected chi connectivity index (χ2v) is 9.63. The number of halogens is 2. The Morgan fingerprint density at radius 2 is 1.79 bits per heavy atom. The molecule has 1 fully saturated rings. The summed E-state index contributed by atoms with van der Waals surface area (Å²) in [6, 6.07) is 15.9. The Bertz CT molecular complexity index is 1450. The van der Waals surface area contributed by atoms with Gasteiger partial charge in [-0.25, -0.2) is 4.79 Å². The summed E-state index contributed by atoms with van der Waals surface area (Å²) in [6.07, 6.45) is -2.76. The highest BCUT2D eigenvalue weighted by Gasteiger charge is 2.50. The largest absolute Gasteiger partial charge is 0.586 e. The Morgan fingerprint density at radius 1 is 1.00 bits per heavy atom. The van der Waals surface area contributed by atoms with Crippen molar-refractivity contribution < 1.29 is 42.4 Å². The zero-order chi connectivity index (χ0) is 26.7. The summed E-state index contributed by atoms with van der Waals surface area (Å²) >= 11 is 0. The topological polar surface area (TPSA) is 103 Å². The molecule has 0 bridgehead atoms. The van der Waals surface area contributed by atoms with Crippen LogP contribution < -0.4 is 19.5 Å². The predicted octanol–water partition coefficient (Wildman–Crippen LogP) is 4.91.